The lowest BCUT2D eigenvalue weighted by Crippen LogP contribution is -2.39. The third-order valence-electron chi connectivity index (χ3n) is 3.20. The first-order valence-electron chi connectivity index (χ1n) is 8.41. The molecule has 0 aromatic heterocycles. The van der Waals surface area contributed by atoms with Gasteiger partial charge in [-0.05, 0) is 25.8 Å². The van der Waals surface area contributed by atoms with E-state index in [0.29, 0.717) is 38.7 Å². The van der Waals surface area contributed by atoms with Crippen LogP contribution in [-0.2, 0) is 20.3 Å². The van der Waals surface area contributed by atoms with Gasteiger partial charge in [-0.25, -0.2) is 8.42 Å². The summed E-state index contributed by atoms with van der Waals surface area (Å²) in [4.78, 5) is 4.40. The molecule has 0 atom stereocenters. The molecule has 0 heterocycles. The number of hydrogen-bond acceptors (Lipinski definition) is 4. The Morgan fingerprint density at radius 3 is 2.52 bits per heavy atom. The van der Waals surface area contributed by atoms with Gasteiger partial charge in [0.25, 0.3) is 0 Å². The van der Waals surface area contributed by atoms with E-state index < -0.39 is 9.84 Å². The fraction of sp³-hybridized carbons (Fsp3) is 0.588. The Bertz CT molecular complexity index is 580. The molecule has 2 N–H and O–H groups in total. The Morgan fingerprint density at radius 1 is 1.16 bits per heavy atom. The monoisotopic (exact) mass is 483 g/mol. The summed E-state index contributed by atoms with van der Waals surface area (Å²) in [5, 5.41) is 6.29. The second-order valence-corrected chi connectivity index (χ2v) is 7.50. The quantitative estimate of drug-likeness (QED) is 0.218. The first-order chi connectivity index (χ1) is 11.6. The van der Waals surface area contributed by atoms with Gasteiger partial charge in [-0.3, -0.25) is 4.99 Å². The average Bonchev–Trinajstić information content (AvgIpc) is 2.56. The average molecular weight is 483 g/mol. The van der Waals surface area contributed by atoms with Gasteiger partial charge in [-0.15, -0.1) is 24.0 Å². The predicted octanol–water partition coefficient (Wildman–Crippen LogP) is 2.20. The molecule has 0 aliphatic carbocycles. The Labute approximate surface area is 168 Å². The van der Waals surface area contributed by atoms with E-state index in [-0.39, 0.29) is 35.5 Å². The van der Waals surface area contributed by atoms with Crippen LogP contribution < -0.4 is 10.6 Å². The van der Waals surface area contributed by atoms with Gasteiger partial charge in [0.2, 0.25) is 0 Å². The Kier molecular flexibility index (Phi) is 13.8. The van der Waals surface area contributed by atoms with Crippen LogP contribution in [0.5, 0.6) is 0 Å². The number of benzene rings is 1. The van der Waals surface area contributed by atoms with Crippen molar-refractivity contribution in [3.05, 3.63) is 35.9 Å². The van der Waals surface area contributed by atoms with E-state index in [1.807, 2.05) is 44.2 Å². The molecular formula is C17H30IN3O3S. The fourth-order valence-corrected chi connectivity index (χ4v) is 3.52. The molecule has 0 bridgehead atoms. The molecule has 25 heavy (non-hydrogen) atoms. The lowest BCUT2D eigenvalue weighted by Gasteiger charge is -2.11. The number of ether oxygens (including phenoxy) is 1. The fourth-order valence-electron chi connectivity index (χ4n) is 2.10. The SMILES string of the molecule is CCNC(=NCCCS(=O)(=O)Cc1ccccc1)NCCOCC.I. The molecule has 0 spiro atoms. The summed E-state index contributed by atoms with van der Waals surface area (Å²) in [7, 11) is -3.10. The molecule has 1 aromatic rings. The number of nitrogens with one attached hydrogen (secondary N) is 2. The van der Waals surface area contributed by atoms with Crippen LogP contribution in [0.1, 0.15) is 25.8 Å². The van der Waals surface area contributed by atoms with E-state index in [0.717, 1.165) is 12.1 Å². The van der Waals surface area contributed by atoms with Gasteiger partial charge in [0.05, 0.1) is 18.1 Å². The zero-order chi connectivity index (χ0) is 17.7. The number of halogens is 1. The van der Waals surface area contributed by atoms with Crippen molar-refractivity contribution in [1.82, 2.24) is 10.6 Å². The van der Waals surface area contributed by atoms with E-state index in [1.54, 1.807) is 0 Å². The lowest BCUT2D eigenvalue weighted by molar-refractivity contribution is 0.152. The Hall–Kier alpha value is -0.870. The maximum absolute atomic E-state index is 12.1. The van der Waals surface area contributed by atoms with E-state index in [1.165, 1.54) is 0 Å². The third kappa shape index (κ3) is 12.2. The zero-order valence-electron chi connectivity index (χ0n) is 15.0. The molecule has 0 saturated heterocycles. The normalized spacial score (nSPS) is 11.7. The summed E-state index contributed by atoms with van der Waals surface area (Å²) in [6, 6.07) is 9.26. The molecule has 1 aromatic carbocycles. The summed E-state index contributed by atoms with van der Waals surface area (Å²) < 4.78 is 29.5. The predicted molar refractivity (Wildman–Crippen MR) is 114 cm³/mol. The highest BCUT2D eigenvalue weighted by Crippen LogP contribution is 2.07. The Morgan fingerprint density at radius 2 is 1.88 bits per heavy atom. The summed E-state index contributed by atoms with van der Waals surface area (Å²) in [6.07, 6.45) is 0.511. The molecule has 0 radical (unpaired) electrons. The van der Waals surface area contributed by atoms with Gasteiger partial charge >= 0.3 is 0 Å². The maximum atomic E-state index is 12.1. The number of rotatable bonds is 11. The summed E-state index contributed by atoms with van der Waals surface area (Å²) in [5.41, 5.74) is 0.826. The van der Waals surface area contributed by atoms with Gasteiger partial charge in [0.15, 0.2) is 15.8 Å². The van der Waals surface area contributed by atoms with Gasteiger partial charge in [-0.2, -0.15) is 0 Å². The highest BCUT2D eigenvalue weighted by molar-refractivity contribution is 14.0. The van der Waals surface area contributed by atoms with Crippen LogP contribution in [0, 0.1) is 0 Å². The Balaban J connectivity index is 0.00000576. The third-order valence-corrected chi connectivity index (χ3v) is 4.88. The molecule has 0 aliphatic rings. The van der Waals surface area contributed by atoms with Crippen molar-refractivity contribution in [3.8, 4) is 0 Å². The zero-order valence-corrected chi connectivity index (χ0v) is 18.2. The van der Waals surface area contributed by atoms with Crippen LogP contribution in [0.3, 0.4) is 0 Å². The van der Waals surface area contributed by atoms with Crippen molar-refractivity contribution < 1.29 is 13.2 Å². The van der Waals surface area contributed by atoms with Crippen LogP contribution in [-0.4, -0.2) is 53.0 Å². The van der Waals surface area contributed by atoms with E-state index in [9.17, 15) is 8.42 Å². The smallest absolute Gasteiger partial charge is 0.191 e. The van der Waals surface area contributed by atoms with Gasteiger partial charge in [0, 0.05) is 26.2 Å². The lowest BCUT2D eigenvalue weighted by atomic mass is 10.2. The molecule has 0 aliphatic heterocycles. The standard InChI is InChI=1S/C17H29N3O3S.HI/c1-3-18-17(20-12-13-23-4-2)19-11-8-14-24(21,22)15-16-9-6-5-7-10-16;/h5-7,9-10H,3-4,8,11-15H2,1-2H3,(H2,18,19,20);1H. The van der Waals surface area contributed by atoms with E-state index >= 15 is 0 Å². The van der Waals surface area contributed by atoms with E-state index in [2.05, 4.69) is 15.6 Å². The largest absolute Gasteiger partial charge is 0.380 e. The molecule has 0 amide bonds. The number of guanidine groups is 1. The van der Waals surface area contributed by atoms with Crippen molar-refractivity contribution in [1.29, 1.82) is 0 Å². The van der Waals surface area contributed by atoms with Gasteiger partial charge in [-0.1, -0.05) is 30.3 Å². The summed E-state index contributed by atoms with van der Waals surface area (Å²) in [6.45, 7) is 7.15. The van der Waals surface area contributed by atoms with E-state index in [4.69, 9.17) is 4.74 Å². The maximum Gasteiger partial charge on any atom is 0.191 e. The topological polar surface area (TPSA) is 79.8 Å². The van der Waals surface area contributed by atoms with Crippen molar-refractivity contribution in [2.24, 2.45) is 4.99 Å². The molecule has 0 fully saturated rings. The minimum absolute atomic E-state index is 0. The van der Waals surface area contributed by atoms with Crippen molar-refractivity contribution in [2.75, 3.05) is 38.6 Å². The molecule has 0 saturated carbocycles. The molecule has 144 valence electrons. The van der Waals surface area contributed by atoms with Crippen LogP contribution in [0.25, 0.3) is 0 Å². The van der Waals surface area contributed by atoms with Gasteiger partial charge in [0.1, 0.15) is 0 Å². The van der Waals surface area contributed by atoms with Crippen LogP contribution in [0.2, 0.25) is 0 Å². The number of nitrogens with zero attached hydrogens (tertiary/aromatic N) is 1. The number of sulfone groups is 1. The highest BCUT2D eigenvalue weighted by Gasteiger charge is 2.11. The van der Waals surface area contributed by atoms with Crippen molar-refractivity contribution >= 4 is 39.8 Å². The first-order valence-corrected chi connectivity index (χ1v) is 10.2. The number of aliphatic imine (C=N–C) groups is 1. The highest BCUT2D eigenvalue weighted by atomic mass is 127. The van der Waals surface area contributed by atoms with Crippen LogP contribution in [0.4, 0.5) is 0 Å². The van der Waals surface area contributed by atoms with Crippen LogP contribution in [0.15, 0.2) is 35.3 Å². The minimum Gasteiger partial charge on any atom is -0.380 e. The molecule has 8 heteroatoms. The molecule has 0 unspecified atom stereocenters. The van der Waals surface area contributed by atoms with Crippen molar-refractivity contribution in [3.63, 3.8) is 0 Å². The van der Waals surface area contributed by atoms with Crippen LogP contribution >= 0.6 is 24.0 Å². The first kappa shape index (κ1) is 24.1. The molecule has 1 rings (SSSR count). The summed E-state index contributed by atoms with van der Waals surface area (Å²) in [5.74, 6) is 0.922. The molecular weight excluding hydrogens is 453 g/mol. The molecule has 6 nitrogen and oxygen atoms in total. The van der Waals surface area contributed by atoms with Gasteiger partial charge < -0.3 is 15.4 Å². The second-order valence-electron chi connectivity index (χ2n) is 5.32. The second kappa shape index (κ2) is 14.3. The number of hydrogen-bond donors (Lipinski definition) is 2. The van der Waals surface area contributed by atoms with Crippen molar-refractivity contribution in [2.45, 2.75) is 26.0 Å². The summed E-state index contributed by atoms with van der Waals surface area (Å²) >= 11 is 0. The minimum atomic E-state index is -3.10.